The summed E-state index contributed by atoms with van der Waals surface area (Å²) in [7, 11) is 0. The lowest BCUT2D eigenvalue weighted by molar-refractivity contribution is -0.384. The van der Waals surface area contributed by atoms with Crippen LogP contribution >= 0.6 is 0 Å². The molecule has 0 spiro atoms. The van der Waals surface area contributed by atoms with Gasteiger partial charge >= 0.3 is 0 Å². The number of carbonyl (C=O) groups is 2. The standard InChI is InChI=1S/C23H20N4O4/c28-20-12-25(14-9-10-14)23(29)19-11-17-16-3-1-2-4-18(16)24-21(17)22(26(19)20)13-5-7-15(8-6-13)27(30)31/h1-8,14,19,22,24H,9-12H2/t19-,22?/m1/s1. The van der Waals surface area contributed by atoms with E-state index < -0.39 is 17.0 Å². The number of para-hydroxylation sites is 1. The van der Waals surface area contributed by atoms with Gasteiger partial charge in [-0.1, -0.05) is 18.2 Å². The summed E-state index contributed by atoms with van der Waals surface area (Å²) >= 11 is 0. The first-order valence-corrected chi connectivity index (χ1v) is 10.5. The van der Waals surface area contributed by atoms with Crippen molar-refractivity contribution < 1.29 is 14.5 Å². The Hall–Kier alpha value is -3.68. The van der Waals surface area contributed by atoms with Gasteiger partial charge in [-0.05, 0) is 42.2 Å². The fraction of sp³-hybridized carbons (Fsp3) is 0.304. The Bertz CT molecular complexity index is 1240. The normalized spacial score (nSPS) is 23.1. The van der Waals surface area contributed by atoms with Crippen LogP contribution in [0.4, 0.5) is 5.69 Å². The van der Waals surface area contributed by atoms with E-state index in [1.807, 2.05) is 24.3 Å². The van der Waals surface area contributed by atoms with Crippen molar-refractivity contribution in [2.24, 2.45) is 0 Å². The van der Waals surface area contributed by atoms with Gasteiger partial charge in [0.2, 0.25) is 11.8 Å². The molecule has 156 valence electrons. The predicted octanol–water partition coefficient (Wildman–Crippen LogP) is 2.92. The number of carbonyl (C=O) groups excluding carboxylic acids is 2. The zero-order chi connectivity index (χ0) is 21.3. The summed E-state index contributed by atoms with van der Waals surface area (Å²) in [5, 5.41) is 12.2. The highest BCUT2D eigenvalue weighted by Gasteiger charge is 2.50. The van der Waals surface area contributed by atoms with Crippen LogP contribution in [0.15, 0.2) is 48.5 Å². The molecule has 31 heavy (non-hydrogen) atoms. The van der Waals surface area contributed by atoms with Crippen LogP contribution in [-0.2, 0) is 16.0 Å². The molecule has 8 heteroatoms. The number of piperazine rings is 1. The van der Waals surface area contributed by atoms with Crippen molar-refractivity contribution in [1.82, 2.24) is 14.8 Å². The summed E-state index contributed by atoms with van der Waals surface area (Å²) in [6, 6.07) is 13.3. The van der Waals surface area contributed by atoms with Crippen molar-refractivity contribution >= 4 is 28.4 Å². The lowest BCUT2D eigenvalue weighted by Gasteiger charge is -2.47. The van der Waals surface area contributed by atoms with Crippen LogP contribution in [-0.4, -0.2) is 50.1 Å². The van der Waals surface area contributed by atoms with Crippen LogP contribution in [0, 0.1) is 10.1 Å². The minimum Gasteiger partial charge on any atom is -0.356 e. The monoisotopic (exact) mass is 416 g/mol. The van der Waals surface area contributed by atoms with Gasteiger partial charge in [0.05, 0.1) is 11.0 Å². The number of H-pyrrole nitrogens is 1. The molecule has 3 heterocycles. The molecule has 1 saturated carbocycles. The quantitative estimate of drug-likeness (QED) is 0.524. The van der Waals surface area contributed by atoms with Crippen LogP contribution in [0.25, 0.3) is 10.9 Å². The van der Waals surface area contributed by atoms with Gasteiger partial charge in [0.1, 0.15) is 12.6 Å². The highest BCUT2D eigenvalue weighted by Crippen LogP contribution is 2.44. The Morgan fingerprint density at radius 2 is 1.77 bits per heavy atom. The highest BCUT2D eigenvalue weighted by molar-refractivity contribution is 5.98. The summed E-state index contributed by atoms with van der Waals surface area (Å²) in [5.74, 6) is -0.0749. The fourth-order valence-corrected chi connectivity index (χ4v) is 5.11. The highest BCUT2D eigenvalue weighted by atomic mass is 16.6. The average Bonchev–Trinajstić information content (AvgIpc) is 3.55. The molecule has 3 aromatic rings. The molecule has 8 nitrogen and oxygen atoms in total. The summed E-state index contributed by atoms with van der Waals surface area (Å²) in [6.45, 7) is 0.0963. The lowest BCUT2D eigenvalue weighted by atomic mass is 9.86. The molecule has 3 aliphatic rings. The Balaban J connectivity index is 1.53. The minimum atomic E-state index is -0.561. The summed E-state index contributed by atoms with van der Waals surface area (Å²) in [4.78, 5) is 44.3. The zero-order valence-corrected chi connectivity index (χ0v) is 16.7. The van der Waals surface area contributed by atoms with E-state index in [-0.39, 0.29) is 30.1 Å². The summed E-state index contributed by atoms with van der Waals surface area (Å²) in [6.07, 6.45) is 2.38. The number of aromatic amines is 1. The van der Waals surface area contributed by atoms with Crippen LogP contribution in [0.5, 0.6) is 0 Å². The molecule has 0 radical (unpaired) electrons. The van der Waals surface area contributed by atoms with Gasteiger partial charge in [-0.25, -0.2) is 0 Å². The molecule has 0 bridgehead atoms. The van der Waals surface area contributed by atoms with Crippen LogP contribution in [0.3, 0.4) is 0 Å². The van der Waals surface area contributed by atoms with Gasteiger partial charge in [0.25, 0.3) is 5.69 Å². The van der Waals surface area contributed by atoms with Gasteiger partial charge in [-0.2, -0.15) is 0 Å². The molecule has 1 N–H and O–H groups in total. The first-order valence-electron chi connectivity index (χ1n) is 10.5. The maximum absolute atomic E-state index is 13.4. The molecule has 1 unspecified atom stereocenters. The average molecular weight is 416 g/mol. The van der Waals surface area contributed by atoms with E-state index in [1.54, 1.807) is 21.9 Å². The number of rotatable bonds is 3. The number of nitrogens with one attached hydrogen (secondary N) is 1. The number of nitrogens with zero attached hydrogens (tertiary/aromatic N) is 3. The number of non-ortho nitro benzene ring substituents is 1. The van der Waals surface area contributed by atoms with E-state index in [4.69, 9.17) is 0 Å². The number of aromatic nitrogens is 1. The number of nitro groups is 1. The zero-order valence-electron chi connectivity index (χ0n) is 16.7. The first kappa shape index (κ1) is 18.1. The number of nitro benzene ring substituents is 1. The number of hydrogen-bond donors (Lipinski definition) is 1. The predicted molar refractivity (Wildman–Crippen MR) is 112 cm³/mol. The lowest BCUT2D eigenvalue weighted by Crippen LogP contribution is -2.63. The maximum atomic E-state index is 13.4. The Morgan fingerprint density at radius 3 is 2.48 bits per heavy atom. The van der Waals surface area contributed by atoms with Gasteiger partial charge < -0.3 is 14.8 Å². The van der Waals surface area contributed by atoms with E-state index >= 15 is 0 Å². The molecule has 1 saturated heterocycles. The maximum Gasteiger partial charge on any atom is 0.269 e. The first-order chi connectivity index (χ1) is 15.0. The molecule has 2 aliphatic heterocycles. The molecule has 1 aliphatic carbocycles. The molecule has 1 aromatic heterocycles. The van der Waals surface area contributed by atoms with Crippen molar-refractivity contribution in [3.63, 3.8) is 0 Å². The van der Waals surface area contributed by atoms with E-state index in [2.05, 4.69) is 4.98 Å². The van der Waals surface area contributed by atoms with Crippen molar-refractivity contribution in [2.75, 3.05) is 6.54 Å². The number of fused-ring (bicyclic) bond motifs is 4. The minimum absolute atomic E-state index is 0.00458. The molecular formula is C23H20N4O4. The van der Waals surface area contributed by atoms with Crippen molar-refractivity contribution in [3.05, 3.63) is 75.5 Å². The molecule has 2 fully saturated rings. The number of benzene rings is 2. The Labute approximate surface area is 177 Å². The second kappa shape index (κ2) is 6.41. The van der Waals surface area contributed by atoms with Crippen molar-refractivity contribution in [3.8, 4) is 0 Å². The Morgan fingerprint density at radius 1 is 1.03 bits per heavy atom. The Kier molecular flexibility index (Phi) is 3.74. The van der Waals surface area contributed by atoms with E-state index in [1.165, 1.54) is 12.1 Å². The fourth-order valence-electron chi connectivity index (χ4n) is 5.11. The van der Waals surface area contributed by atoms with E-state index in [9.17, 15) is 19.7 Å². The van der Waals surface area contributed by atoms with Crippen molar-refractivity contribution in [2.45, 2.75) is 37.4 Å². The van der Waals surface area contributed by atoms with Crippen LogP contribution in [0.1, 0.15) is 35.7 Å². The van der Waals surface area contributed by atoms with Gasteiger partial charge in [-0.3, -0.25) is 19.7 Å². The van der Waals surface area contributed by atoms with Crippen LogP contribution < -0.4 is 0 Å². The molecule has 6 rings (SSSR count). The largest absolute Gasteiger partial charge is 0.356 e. The van der Waals surface area contributed by atoms with E-state index in [0.29, 0.717) is 6.42 Å². The van der Waals surface area contributed by atoms with Gasteiger partial charge in [0.15, 0.2) is 0 Å². The van der Waals surface area contributed by atoms with Gasteiger partial charge in [0, 0.05) is 41.2 Å². The third-order valence-corrected chi connectivity index (χ3v) is 6.70. The van der Waals surface area contributed by atoms with Gasteiger partial charge in [-0.15, -0.1) is 0 Å². The smallest absolute Gasteiger partial charge is 0.269 e. The van der Waals surface area contributed by atoms with Crippen molar-refractivity contribution in [1.29, 1.82) is 0 Å². The summed E-state index contributed by atoms with van der Waals surface area (Å²) < 4.78 is 0. The summed E-state index contributed by atoms with van der Waals surface area (Å²) in [5.41, 5.74) is 3.63. The third-order valence-electron chi connectivity index (χ3n) is 6.70. The topological polar surface area (TPSA) is 99.5 Å². The number of hydrogen-bond acceptors (Lipinski definition) is 4. The second-order valence-electron chi connectivity index (χ2n) is 8.53. The van der Waals surface area contributed by atoms with Crippen LogP contribution in [0.2, 0.25) is 0 Å². The second-order valence-corrected chi connectivity index (χ2v) is 8.53. The van der Waals surface area contributed by atoms with E-state index in [0.717, 1.165) is 40.6 Å². The third kappa shape index (κ3) is 2.67. The molecular weight excluding hydrogens is 396 g/mol. The molecule has 2 aromatic carbocycles. The molecule has 2 atom stereocenters. The number of amides is 2. The SMILES string of the molecule is O=C1[C@H]2Cc3c([nH]c4ccccc34)C(c3ccc([N+](=O)[O-])cc3)N2C(=O)CN1C1CC1. The molecule has 2 amide bonds.